The molecule has 4 rings (SSSR count). The summed E-state index contributed by atoms with van der Waals surface area (Å²) < 4.78 is 28.0. The van der Waals surface area contributed by atoms with Crippen molar-refractivity contribution in [2.24, 2.45) is 7.05 Å². The molecule has 0 aliphatic heterocycles. The van der Waals surface area contributed by atoms with Crippen LogP contribution in [0.1, 0.15) is 72.6 Å². The van der Waals surface area contributed by atoms with Crippen LogP contribution in [0, 0.1) is 0 Å². The van der Waals surface area contributed by atoms with Gasteiger partial charge in [-0.3, -0.25) is 9.48 Å². The zero-order valence-electron chi connectivity index (χ0n) is 16.0. The van der Waals surface area contributed by atoms with E-state index in [1.807, 2.05) is 11.0 Å². The average Bonchev–Trinajstić information content (AvgIpc) is 3.33. The van der Waals surface area contributed by atoms with E-state index in [4.69, 9.17) is 0 Å². The second-order valence-electron chi connectivity index (χ2n) is 8.46. The molecule has 1 saturated carbocycles. The normalized spacial score (nSPS) is 20.7. The van der Waals surface area contributed by atoms with Gasteiger partial charge in [-0.05, 0) is 35.8 Å². The predicted octanol–water partition coefficient (Wildman–Crippen LogP) is 4.43. The molecule has 2 aromatic rings. The highest BCUT2D eigenvalue weighted by Crippen LogP contribution is 2.46. The first-order valence-electron chi connectivity index (χ1n) is 9.50. The fraction of sp³-hybridized carbons (Fsp3) is 0.524. The number of carbonyl (C=O) groups is 1. The van der Waals surface area contributed by atoms with Crippen molar-refractivity contribution in [3.05, 3.63) is 52.8 Å². The van der Waals surface area contributed by atoms with Crippen LogP contribution >= 0.6 is 0 Å². The number of aromatic nitrogens is 2. The van der Waals surface area contributed by atoms with E-state index in [-0.39, 0.29) is 28.8 Å². The summed E-state index contributed by atoms with van der Waals surface area (Å²) in [5.74, 6) is -0.0875. The number of hydrogen-bond donors (Lipinski definition) is 0. The van der Waals surface area contributed by atoms with Crippen molar-refractivity contribution in [2.45, 2.75) is 56.9 Å². The number of carbonyl (C=O) groups excluding carboxylic acids is 1. The van der Waals surface area contributed by atoms with Gasteiger partial charge in [-0.25, -0.2) is 8.78 Å². The minimum atomic E-state index is -2.75. The lowest BCUT2D eigenvalue weighted by Gasteiger charge is -2.27. The molecular formula is C21H25F2N3O. The van der Waals surface area contributed by atoms with Crippen LogP contribution in [0.15, 0.2) is 30.5 Å². The monoisotopic (exact) mass is 373 g/mol. The Morgan fingerprint density at radius 1 is 1.33 bits per heavy atom. The molecule has 1 unspecified atom stereocenters. The number of alkyl halides is 2. The molecule has 0 radical (unpaired) electrons. The molecule has 1 fully saturated rings. The van der Waals surface area contributed by atoms with Crippen molar-refractivity contribution < 1.29 is 13.6 Å². The summed E-state index contributed by atoms with van der Waals surface area (Å²) in [6, 6.07) is 8.54. The number of nitrogens with zero attached hydrogens (tertiary/aromatic N) is 3. The molecule has 1 aromatic heterocycles. The molecule has 0 N–H and O–H groups in total. The lowest BCUT2D eigenvalue weighted by Crippen LogP contribution is -2.37. The molecule has 4 nitrogen and oxygen atoms in total. The summed E-state index contributed by atoms with van der Waals surface area (Å²) in [6.45, 7) is 5.03. The number of fused-ring (bicyclic) bond motifs is 1. The number of benzene rings is 1. The topological polar surface area (TPSA) is 38.1 Å². The Hall–Kier alpha value is -2.24. The third-order valence-electron chi connectivity index (χ3n) is 5.85. The molecule has 0 bridgehead atoms. The third-order valence-corrected chi connectivity index (χ3v) is 5.85. The van der Waals surface area contributed by atoms with E-state index in [0.29, 0.717) is 6.54 Å². The number of halogens is 2. The lowest BCUT2D eigenvalue weighted by atomic mass is 9.86. The quantitative estimate of drug-likeness (QED) is 0.778. The fourth-order valence-corrected chi connectivity index (χ4v) is 4.48. The second kappa shape index (κ2) is 6.43. The van der Waals surface area contributed by atoms with Crippen LogP contribution in [0.4, 0.5) is 8.78 Å². The van der Waals surface area contributed by atoms with Crippen LogP contribution in [0.25, 0.3) is 0 Å². The smallest absolute Gasteiger partial charge is 0.282 e. The highest BCUT2D eigenvalue weighted by molar-refractivity contribution is 5.95. The van der Waals surface area contributed by atoms with Gasteiger partial charge in [-0.1, -0.05) is 38.1 Å². The molecule has 6 heteroatoms. The van der Waals surface area contributed by atoms with Gasteiger partial charge in [0, 0.05) is 31.7 Å². The van der Waals surface area contributed by atoms with Crippen molar-refractivity contribution in [2.75, 3.05) is 6.54 Å². The van der Waals surface area contributed by atoms with Crippen LogP contribution in [-0.4, -0.2) is 33.2 Å². The Balaban J connectivity index is 1.63. The fourth-order valence-electron chi connectivity index (χ4n) is 4.48. The second-order valence-corrected chi connectivity index (χ2v) is 8.46. The Kier molecular flexibility index (Phi) is 4.32. The van der Waals surface area contributed by atoms with Gasteiger partial charge < -0.3 is 4.90 Å². The summed E-state index contributed by atoms with van der Waals surface area (Å²) in [6.07, 6.45) is 1.50. The maximum atomic E-state index is 13.3. The molecule has 1 atom stereocenters. The minimum Gasteiger partial charge on any atom is -0.335 e. The Morgan fingerprint density at radius 2 is 2.04 bits per heavy atom. The van der Waals surface area contributed by atoms with Gasteiger partial charge in [0.05, 0.1) is 5.56 Å². The van der Waals surface area contributed by atoms with Gasteiger partial charge in [0.2, 0.25) is 0 Å². The van der Waals surface area contributed by atoms with Gasteiger partial charge in [-0.15, -0.1) is 0 Å². The molecule has 2 aliphatic rings. The lowest BCUT2D eigenvalue weighted by molar-refractivity contribution is 0.0716. The van der Waals surface area contributed by atoms with Crippen molar-refractivity contribution in [3.63, 3.8) is 0 Å². The molecule has 27 heavy (non-hydrogen) atoms. The third kappa shape index (κ3) is 3.26. The Bertz CT molecular complexity index is 870. The van der Waals surface area contributed by atoms with Crippen LogP contribution in [-0.2, 0) is 12.5 Å². The number of hydrogen-bond acceptors (Lipinski definition) is 2. The summed E-state index contributed by atoms with van der Waals surface area (Å²) in [5.41, 5.74) is 2.28. The van der Waals surface area contributed by atoms with E-state index in [9.17, 15) is 13.6 Å². The molecule has 0 saturated heterocycles. The average molecular weight is 373 g/mol. The van der Waals surface area contributed by atoms with Gasteiger partial charge >= 0.3 is 0 Å². The van der Waals surface area contributed by atoms with Crippen LogP contribution in [0.5, 0.6) is 0 Å². The summed E-state index contributed by atoms with van der Waals surface area (Å²) in [7, 11) is 1.57. The molecule has 2 aliphatic carbocycles. The molecule has 1 amide bonds. The highest BCUT2D eigenvalue weighted by Gasteiger charge is 2.41. The summed E-state index contributed by atoms with van der Waals surface area (Å²) in [4.78, 5) is 15.0. The van der Waals surface area contributed by atoms with E-state index in [1.54, 1.807) is 7.05 Å². The number of amides is 1. The van der Waals surface area contributed by atoms with Crippen LogP contribution in [0.3, 0.4) is 0 Å². The molecular weight excluding hydrogens is 348 g/mol. The maximum Gasteiger partial charge on any atom is 0.282 e. The van der Waals surface area contributed by atoms with Crippen LogP contribution < -0.4 is 0 Å². The van der Waals surface area contributed by atoms with Gasteiger partial charge in [0.15, 0.2) is 0 Å². The van der Waals surface area contributed by atoms with Crippen molar-refractivity contribution in [1.29, 1.82) is 0 Å². The van der Waals surface area contributed by atoms with E-state index < -0.39 is 12.1 Å². The van der Waals surface area contributed by atoms with Crippen molar-refractivity contribution in [1.82, 2.24) is 14.7 Å². The zero-order chi connectivity index (χ0) is 19.3. The Labute approximate surface area is 158 Å². The van der Waals surface area contributed by atoms with Crippen molar-refractivity contribution >= 4 is 5.91 Å². The van der Waals surface area contributed by atoms with Crippen LogP contribution in [0.2, 0.25) is 0 Å². The van der Waals surface area contributed by atoms with E-state index in [2.05, 4.69) is 37.1 Å². The highest BCUT2D eigenvalue weighted by atomic mass is 19.3. The Morgan fingerprint density at radius 3 is 2.70 bits per heavy atom. The molecule has 144 valence electrons. The molecule has 1 heterocycles. The van der Waals surface area contributed by atoms with Gasteiger partial charge in [-0.2, -0.15) is 5.10 Å². The summed E-state index contributed by atoms with van der Waals surface area (Å²) >= 11 is 0. The van der Waals surface area contributed by atoms with E-state index >= 15 is 0 Å². The molecule has 1 aromatic carbocycles. The number of aryl methyl sites for hydroxylation is 1. The standard InChI is InChI=1S/C21H25F2N3O/c1-21(2)10-13(15-6-4-5-7-17(15)21)11-26(14-8-9-14)20(27)16-12-25(3)24-18(16)19(22)23/h4-7,12-14,19H,8-11H2,1-3H3. The summed E-state index contributed by atoms with van der Waals surface area (Å²) in [5, 5.41) is 3.80. The first-order chi connectivity index (χ1) is 12.8. The van der Waals surface area contributed by atoms with Gasteiger partial charge in [0.25, 0.3) is 12.3 Å². The predicted molar refractivity (Wildman–Crippen MR) is 99.0 cm³/mol. The zero-order valence-corrected chi connectivity index (χ0v) is 16.0. The number of rotatable bonds is 5. The maximum absolute atomic E-state index is 13.3. The minimum absolute atomic E-state index is 0.0324. The molecule has 0 spiro atoms. The first-order valence-corrected chi connectivity index (χ1v) is 9.50. The SMILES string of the molecule is Cn1cc(C(=O)N(CC2CC(C)(C)c3ccccc32)C2CC2)c(C(F)F)n1. The van der Waals surface area contributed by atoms with E-state index in [0.717, 1.165) is 19.3 Å². The largest absolute Gasteiger partial charge is 0.335 e. The van der Waals surface area contributed by atoms with Crippen molar-refractivity contribution in [3.8, 4) is 0 Å². The first kappa shape index (κ1) is 18.1. The van der Waals surface area contributed by atoms with E-state index in [1.165, 1.54) is 22.0 Å². The van der Waals surface area contributed by atoms with Gasteiger partial charge in [0.1, 0.15) is 5.69 Å².